The average Bonchev–Trinajstić information content (AvgIpc) is 3.09. The fourth-order valence-corrected chi connectivity index (χ4v) is 4.03. The first kappa shape index (κ1) is 21.9. The minimum absolute atomic E-state index is 0.569. The van der Waals surface area contributed by atoms with E-state index in [2.05, 4.69) is 28.1 Å². The molecule has 2 aromatic heterocycles. The number of aryl methyl sites for hydroxylation is 1. The monoisotopic (exact) mass is 434 g/mol. The highest BCUT2D eigenvalue weighted by atomic mass is 35.5. The summed E-state index contributed by atoms with van der Waals surface area (Å²) >= 11 is 12.6. The van der Waals surface area contributed by atoms with Gasteiger partial charge in [-0.05, 0) is 31.0 Å². The maximum Gasteiger partial charge on any atom is 0.165 e. The molecule has 0 unspecified atom stereocenters. The van der Waals surface area contributed by atoms with Crippen molar-refractivity contribution in [3.8, 4) is 11.3 Å². The number of aromatic nitrogens is 3. The van der Waals surface area contributed by atoms with E-state index in [1.54, 1.807) is 19.4 Å². The van der Waals surface area contributed by atoms with Crippen molar-refractivity contribution in [1.29, 1.82) is 0 Å². The topological polar surface area (TPSA) is 42.7 Å². The van der Waals surface area contributed by atoms with Gasteiger partial charge in [0, 0.05) is 43.2 Å². The molecule has 0 amide bonds. The van der Waals surface area contributed by atoms with E-state index in [0.717, 1.165) is 54.3 Å². The van der Waals surface area contributed by atoms with Crippen molar-refractivity contribution in [3.63, 3.8) is 0 Å². The van der Waals surface area contributed by atoms with Crippen LogP contribution in [0.2, 0.25) is 10.0 Å². The van der Waals surface area contributed by atoms with Gasteiger partial charge in [-0.15, -0.1) is 0 Å². The van der Waals surface area contributed by atoms with Gasteiger partial charge < -0.3 is 9.64 Å². The Morgan fingerprint density at radius 2 is 1.97 bits per heavy atom. The van der Waals surface area contributed by atoms with Crippen LogP contribution in [0.3, 0.4) is 0 Å². The number of ether oxygens (including phenoxy) is 1. The SMILES string of the molecule is CCCCCN(CCOC)c1c(CC)nc2c(-c3ccc(Cl)cc3Cl)nccn12. The Morgan fingerprint density at radius 3 is 2.66 bits per heavy atom. The van der Waals surface area contributed by atoms with E-state index in [-0.39, 0.29) is 0 Å². The number of anilines is 1. The van der Waals surface area contributed by atoms with Crippen LogP contribution < -0.4 is 4.90 Å². The molecule has 156 valence electrons. The lowest BCUT2D eigenvalue weighted by atomic mass is 10.1. The van der Waals surface area contributed by atoms with Gasteiger partial charge in [0.05, 0.1) is 17.3 Å². The number of rotatable bonds is 10. The van der Waals surface area contributed by atoms with E-state index in [9.17, 15) is 0 Å². The van der Waals surface area contributed by atoms with Gasteiger partial charge in [0.1, 0.15) is 11.5 Å². The number of nitrogens with zero attached hydrogens (tertiary/aromatic N) is 4. The van der Waals surface area contributed by atoms with E-state index in [1.807, 2.05) is 18.3 Å². The molecule has 5 nitrogen and oxygen atoms in total. The van der Waals surface area contributed by atoms with Crippen LogP contribution in [-0.2, 0) is 11.2 Å². The molecular weight excluding hydrogens is 407 g/mol. The van der Waals surface area contributed by atoms with Crippen LogP contribution >= 0.6 is 23.2 Å². The minimum Gasteiger partial charge on any atom is -0.383 e. The normalized spacial score (nSPS) is 11.3. The second-order valence-corrected chi connectivity index (χ2v) is 7.86. The quantitative estimate of drug-likeness (QED) is 0.372. The van der Waals surface area contributed by atoms with Gasteiger partial charge in [-0.1, -0.05) is 49.9 Å². The molecule has 1 aromatic carbocycles. The summed E-state index contributed by atoms with van der Waals surface area (Å²) in [6, 6.07) is 5.47. The molecule has 0 saturated carbocycles. The van der Waals surface area contributed by atoms with Gasteiger partial charge in [0.25, 0.3) is 0 Å². The lowest BCUT2D eigenvalue weighted by Crippen LogP contribution is -2.30. The second kappa shape index (κ2) is 10.3. The number of methoxy groups -OCH3 is 1. The molecule has 0 spiro atoms. The molecule has 0 fully saturated rings. The molecule has 7 heteroatoms. The van der Waals surface area contributed by atoms with Crippen molar-refractivity contribution in [2.45, 2.75) is 39.5 Å². The maximum absolute atomic E-state index is 6.47. The van der Waals surface area contributed by atoms with Gasteiger partial charge >= 0.3 is 0 Å². The number of benzene rings is 1. The van der Waals surface area contributed by atoms with E-state index in [0.29, 0.717) is 16.7 Å². The van der Waals surface area contributed by atoms with Gasteiger partial charge in [0.15, 0.2) is 5.65 Å². The largest absolute Gasteiger partial charge is 0.383 e. The predicted octanol–water partition coefficient (Wildman–Crippen LogP) is 5.91. The van der Waals surface area contributed by atoms with Crippen molar-refractivity contribution in [3.05, 3.63) is 46.3 Å². The van der Waals surface area contributed by atoms with E-state index >= 15 is 0 Å². The Morgan fingerprint density at radius 1 is 1.14 bits per heavy atom. The number of imidazole rings is 1. The molecule has 0 saturated heterocycles. The zero-order chi connectivity index (χ0) is 20.8. The number of halogens is 2. The molecule has 0 aliphatic carbocycles. The summed E-state index contributed by atoms with van der Waals surface area (Å²) in [5.74, 6) is 1.12. The molecule has 3 aromatic rings. The Bertz CT molecular complexity index is 957. The molecular formula is C22H28Cl2N4O. The van der Waals surface area contributed by atoms with Crippen LogP contribution in [-0.4, -0.2) is 41.2 Å². The molecule has 0 aliphatic rings. The highest BCUT2D eigenvalue weighted by molar-refractivity contribution is 6.36. The number of fused-ring (bicyclic) bond motifs is 1. The standard InChI is InChI=1S/C22H28Cl2N4O/c1-4-6-7-11-27(13-14-29-3)22-19(5-2)26-21-20(25-10-12-28(21)22)17-9-8-16(23)15-18(17)24/h8-10,12,15H,4-7,11,13-14H2,1-3H3. The fourth-order valence-electron chi connectivity index (χ4n) is 3.53. The predicted molar refractivity (Wildman–Crippen MR) is 121 cm³/mol. The first-order valence-corrected chi connectivity index (χ1v) is 10.9. The minimum atomic E-state index is 0.569. The van der Waals surface area contributed by atoms with Gasteiger partial charge in [-0.2, -0.15) is 0 Å². The van der Waals surface area contributed by atoms with Crippen LogP contribution in [0.25, 0.3) is 16.9 Å². The summed E-state index contributed by atoms with van der Waals surface area (Å²) in [5.41, 5.74) is 3.45. The molecule has 0 bridgehead atoms. The molecule has 29 heavy (non-hydrogen) atoms. The van der Waals surface area contributed by atoms with E-state index < -0.39 is 0 Å². The second-order valence-electron chi connectivity index (χ2n) is 7.02. The lowest BCUT2D eigenvalue weighted by molar-refractivity contribution is 0.205. The third-order valence-electron chi connectivity index (χ3n) is 5.00. The smallest absolute Gasteiger partial charge is 0.165 e. The van der Waals surface area contributed by atoms with Crippen LogP contribution in [0.1, 0.15) is 38.8 Å². The maximum atomic E-state index is 6.47. The van der Waals surface area contributed by atoms with Crippen molar-refractivity contribution in [2.24, 2.45) is 0 Å². The summed E-state index contributed by atoms with van der Waals surface area (Å²) in [4.78, 5) is 11.9. The van der Waals surface area contributed by atoms with E-state index in [1.165, 1.54) is 12.8 Å². The third-order valence-corrected chi connectivity index (χ3v) is 5.55. The Hall–Kier alpha value is -1.82. The summed E-state index contributed by atoms with van der Waals surface area (Å²) in [6.07, 6.45) is 8.14. The van der Waals surface area contributed by atoms with Crippen LogP contribution in [0.15, 0.2) is 30.6 Å². The summed E-state index contributed by atoms with van der Waals surface area (Å²) in [5, 5.41) is 1.17. The molecule has 0 aliphatic heterocycles. The van der Waals surface area contributed by atoms with Gasteiger partial charge in [-0.25, -0.2) is 4.98 Å². The van der Waals surface area contributed by atoms with Crippen LogP contribution in [0.5, 0.6) is 0 Å². The summed E-state index contributed by atoms with van der Waals surface area (Å²) in [6.45, 7) is 6.81. The molecule has 2 heterocycles. The van der Waals surface area contributed by atoms with Crippen molar-refractivity contribution in [1.82, 2.24) is 14.4 Å². The number of hydrogen-bond acceptors (Lipinski definition) is 4. The highest BCUT2D eigenvalue weighted by Crippen LogP contribution is 2.34. The van der Waals surface area contributed by atoms with Gasteiger partial charge in [0.2, 0.25) is 0 Å². The summed E-state index contributed by atoms with van der Waals surface area (Å²) < 4.78 is 7.50. The average molecular weight is 435 g/mol. The van der Waals surface area contributed by atoms with E-state index in [4.69, 9.17) is 32.9 Å². The molecule has 3 rings (SSSR count). The Balaban J connectivity index is 2.12. The first-order chi connectivity index (χ1) is 14.1. The zero-order valence-corrected chi connectivity index (χ0v) is 18.8. The number of hydrogen-bond donors (Lipinski definition) is 0. The zero-order valence-electron chi connectivity index (χ0n) is 17.3. The van der Waals surface area contributed by atoms with Crippen molar-refractivity contribution in [2.75, 3.05) is 31.7 Å². The highest BCUT2D eigenvalue weighted by Gasteiger charge is 2.21. The van der Waals surface area contributed by atoms with Gasteiger partial charge in [-0.3, -0.25) is 9.38 Å². The third kappa shape index (κ3) is 4.85. The molecule has 0 atom stereocenters. The fraction of sp³-hybridized carbons (Fsp3) is 0.455. The van der Waals surface area contributed by atoms with Crippen molar-refractivity contribution < 1.29 is 4.74 Å². The summed E-state index contributed by atoms with van der Waals surface area (Å²) in [7, 11) is 1.74. The lowest BCUT2D eigenvalue weighted by Gasteiger charge is -2.25. The first-order valence-electron chi connectivity index (χ1n) is 10.2. The van der Waals surface area contributed by atoms with Crippen LogP contribution in [0, 0.1) is 0 Å². The number of unbranched alkanes of at least 4 members (excludes halogenated alkanes) is 2. The Kier molecular flexibility index (Phi) is 7.76. The molecule has 0 N–H and O–H groups in total. The molecule has 0 radical (unpaired) electrons. The Labute approximate surface area is 182 Å². The van der Waals surface area contributed by atoms with Crippen molar-refractivity contribution >= 4 is 34.7 Å². The van der Waals surface area contributed by atoms with Crippen LogP contribution in [0.4, 0.5) is 5.82 Å².